The number of hydrogen-bond acceptors (Lipinski definition) is 0. The minimum atomic E-state index is -0.729. The van der Waals surface area contributed by atoms with Crippen LogP contribution >= 0.6 is 0 Å². The normalized spacial score (nSPS) is 9.89. The van der Waals surface area contributed by atoms with Crippen molar-refractivity contribution >= 4 is 29.9 Å². The second kappa shape index (κ2) is 14.0. The summed E-state index contributed by atoms with van der Waals surface area (Å²) < 4.78 is 0. The number of benzene rings is 2. The number of aryl methyl sites for hydroxylation is 3. The maximum atomic E-state index is 2.44. The Bertz CT molecular complexity index is 825. The van der Waals surface area contributed by atoms with Gasteiger partial charge in [-0.25, -0.2) is 0 Å². The molecule has 0 saturated carbocycles. The molecule has 149 valence electrons. The van der Waals surface area contributed by atoms with Crippen molar-refractivity contribution in [1.29, 1.82) is 0 Å². The van der Waals surface area contributed by atoms with Crippen LogP contribution < -0.4 is 47.6 Å². The molecule has 3 rings (SSSR count). The van der Waals surface area contributed by atoms with Crippen LogP contribution in [0.15, 0.2) is 48.5 Å². The maximum Gasteiger partial charge on any atom is 4.00 e. The molecule has 3 aromatic rings. The molecule has 0 unspecified atom stereocenters. The van der Waals surface area contributed by atoms with Gasteiger partial charge in [0.2, 0.25) is 0 Å². The van der Waals surface area contributed by atoms with Crippen molar-refractivity contribution in [2.45, 2.75) is 53.0 Å². The summed E-state index contributed by atoms with van der Waals surface area (Å²) in [5.74, 6) is 0. The Kier molecular flexibility index (Phi) is 15.0. The van der Waals surface area contributed by atoms with E-state index in [1.807, 2.05) is 0 Å². The third-order valence-electron chi connectivity index (χ3n) is 4.90. The number of fused-ring (bicyclic) bond motifs is 1. The van der Waals surface area contributed by atoms with Gasteiger partial charge in [-0.1, -0.05) is 79.7 Å². The van der Waals surface area contributed by atoms with Gasteiger partial charge < -0.3 is 37.2 Å². The fourth-order valence-corrected chi connectivity index (χ4v) is 7.22. The van der Waals surface area contributed by atoms with E-state index in [2.05, 4.69) is 76.2 Å². The summed E-state index contributed by atoms with van der Waals surface area (Å²) in [6, 6.07) is 19.8. The van der Waals surface area contributed by atoms with Crippen LogP contribution in [0.2, 0.25) is 6.04 Å². The second-order valence-corrected chi connectivity index (χ2v) is 9.64. The predicted octanol–water partition coefficient (Wildman–Crippen LogP) is -3.71. The fraction of sp³-hybridized carbons (Fsp3) is 0.348. The summed E-state index contributed by atoms with van der Waals surface area (Å²) in [6.45, 7) is 9.07. The van der Waals surface area contributed by atoms with E-state index in [0.717, 1.165) is 0 Å². The van der Waals surface area contributed by atoms with Crippen LogP contribution in [-0.2, 0) is 21.7 Å². The monoisotopic (exact) mass is 485 g/mol. The van der Waals surface area contributed by atoms with E-state index < -0.39 is 8.80 Å². The average molecular weight is 487 g/mol. The van der Waals surface area contributed by atoms with Crippen LogP contribution in [-0.4, -0.2) is 8.80 Å². The molecule has 0 spiro atoms. The van der Waals surface area contributed by atoms with Crippen LogP contribution in [0.1, 0.15) is 42.9 Å². The van der Waals surface area contributed by atoms with Crippen molar-refractivity contribution in [3.8, 4) is 0 Å². The van der Waals surface area contributed by atoms with Gasteiger partial charge in [-0.2, -0.15) is 6.07 Å². The van der Waals surface area contributed by atoms with Gasteiger partial charge >= 0.3 is 21.7 Å². The Hall–Kier alpha value is -0.149. The molecule has 3 aromatic carbocycles. The van der Waals surface area contributed by atoms with Gasteiger partial charge in [0.05, 0.1) is 8.80 Å². The Labute approximate surface area is 206 Å². The Morgan fingerprint density at radius 2 is 1.43 bits per heavy atom. The molecule has 1 radical (unpaired) electrons. The molecule has 0 bridgehead atoms. The van der Waals surface area contributed by atoms with E-state index >= 15 is 0 Å². The van der Waals surface area contributed by atoms with Gasteiger partial charge in [-0.05, 0) is 13.8 Å². The molecule has 0 fully saturated rings. The molecule has 0 aliphatic heterocycles. The number of unbranched alkanes of at least 4 members (excludes halogenated alkanes) is 2. The van der Waals surface area contributed by atoms with E-state index in [0.29, 0.717) is 0 Å². The first-order valence-corrected chi connectivity index (χ1v) is 10.9. The quantitative estimate of drug-likeness (QED) is 0.191. The summed E-state index contributed by atoms with van der Waals surface area (Å²) in [5, 5.41) is 6.14. The smallest absolute Gasteiger partial charge is 1.00 e. The molecule has 0 N–H and O–H groups in total. The third-order valence-corrected chi connectivity index (χ3v) is 8.01. The van der Waals surface area contributed by atoms with Gasteiger partial charge in [-0.3, -0.25) is 0 Å². The van der Waals surface area contributed by atoms with E-state index in [9.17, 15) is 0 Å². The standard InChI is InChI=1S/C23H28Si.3ClH.Ti/c1-5-6-9-12-24(21-14-17(2)13-18(3)15-21)23-19(4)16-20-10-7-8-11-22(20)23;;;;/h7-8,10-11,13-16H,5-6,9,12H2,1-4H3;3*1H;/q-1;;;;+4/p-3. The summed E-state index contributed by atoms with van der Waals surface area (Å²) in [4.78, 5) is 0. The van der Waals surface area contributed by atoms with Crippen LogP contribution in [0.25, 0.3) is 10.8 Å². The van der Waals surface area contributed by atoms with Crippen molar-refractivity contribution in [2.24, 2.45) is 0 Å². The molecule has 5 heteroatoms. The first-order valence-electron chi connectivity index (χ1n) is 9.20. The van der Waals surface area contributed by atoms with Gasteiger partial charge in [0.25, 0.3) is 0 Å². The molecule has 0 aliphatic rings. The summed E-state index contributed by atoms with van der Waals surface area (Å²) in [5.41, 5.74) is 4.29. The average Bonchev–Trinajstić information content (AvgIpc) is 2.86. The summed E-state index contributed by atoms with van der Waals surface area (Å²) >= 11 is 0. The van der Waals surface area contributed by atoms with Crippen LogP contribution in [0.3, 0.4) is 0 Å². The fourth-order valence-electron chi connectivity index (χ4n) is 3.88. The Balaban J connectivity index is 0. The first-order chi connectivity index (χ1) is 11.6. The maximum absolute atomic E-state index is 2.44. The van der Waals surface area contributed by atoms with E-state index in [1.165, 1.54) is 52.8 Å². The zero-order valence-corrected chi connectivity index (χ0v) is 21.9. The van der Waals surface area contributed by atoms with E-state index in [-0.39, 0.29) is 58.9 Å². The van der Waals surface area contributed by atoms with Crippen molar-refractivity contribution in [3.63, 3.8) is 0 Å². The molecule has 0 amide bonds. The van der Waals surface area contributed by atoms with Crippen molar-refractivity contribution in [3.05, 3.63) is 65.2 Å². The molecule has 0 aromatic heterocycles. The molecular formula is C23H28Cl3SiTi. The summed E-state index contributed by atoms with van der Waals surface area (Å²) in [7, 11) is -0.729. The van der Waals surface area contributed by atoms with Crippen LogP contribution in [0.5, 0.6) is 0 Å². The summed E-state index contributed by atoms with van der Waals surface area (Å²) in [6.07, 6.45) is 3.98. The zero-order chi connectivity index (χ0) is 17.1. The molecule has 0 atom stereocenters. The topological polar surface area (TPSA) is 0 Å². The largest absolute Gasteiger partial charge is 4.00 e. The molecule has 0 saturated heterocycles. The minimum Gasteiger partial charge on any atom is -1.00 e. The van der Waals surface area contributed by atoms with Gasteiger partial charge in [0.1, 0.15) is 0 Å². The SMILES string of the molecule is CCCCC[Si](c1cc(C)cc(C)c1)[c-]1c(C)cc2ccccc21.[Cl-].[Cl-].[Cl-].[Ti+4]. The van der Waals surface area contributed by atoms with Crippen molar-refractivity contribution in [2.75, 3.05) is 0 Å². The molecular weight excluding hydrogens is 459 g/mol. The molecule has 28 heavy (non-hydrogen) atoms. The second-order valence-electron chi connectivity index (χ2n) is 7.10. The van der Waals surface area contributed by atoms with Crippen molar-refractivity contribution in [1.82, 2.24) is 0 Å². The number of halogens is 3. The van der Waals surface area contributed by atoms with E-state index in [4.69, 9.17) is 0 Å². The molecule has 0 heterocycles. The number of hydrogen-bond donors (Lipinski definition) is 0. The van der Waals surface area contributed by atoms with E-state index in [1.54, 1.807) is 10.4 Å². The molecule has 0 aliphatic carbocycles. The Morgan fingerprint density at radius 1 is 0.821 bits per heavy atom. The zero-order valence-electron chi connectivity index (χ0n) is 17.1. The third kappa shape index (κ3) is 6.97. The molecule has 0 nitrogen and oxygen atoms in total. The minimum absolute atomic E-state index is 0. The van der Waals surface area contributed by atoms with Gasteiger partial charge in [0, 0.05) is 0 Å². The first kappa shape index (κ1) is 30.0. The van der Waals surface area contributed by atoms with Gasteiger partial charge in [0.15, 0.2) is 0 Å². The van der Waals surface area contributed by atoms with Crippen LogP contribution in [0.4, 0.5) is 0 Å². The van der Waals surface area contributed by atoms with Crippen molar-refractivity contribution < 1.29 is 58.9 Å². The number of rotatable bonds is 6. The predicted molar refractivity (Wildman–Crippen MR) is 110 cm³/mol. The van der Waals surface area contributed by atoms with Crippen LogP contribution in [0, 0.1) is 20.8 Å². The Morgan fingerprint density at radius 3 is 2.04 bits per heavy atom. The van der Waals surface area contributed by atoms with Gasteiger partial charge in [-0.15, -0.1) is 39.7 Å².